The van der Waals surface area contributed by atoms with Crippen molar-refractivity contribution in [2.75, 3.05) is 13.1 Å². The van der Waals surface area contributed by atoms with Crippen molar-refractivity contribution in [1.82, 2.24) is 10.6 Å². The third-order valence-electron chi connectivity index (χ3n) is 5.68. The molecule has 0 saturated carbocycles. The molecule has 0 heterocycles. The lowest BCUT2D eigenvalue weighted by Crippen LogP contribution is -2.38. The molecule has 0 aromatic heterocycles. The first kappa shape index (κ1) is 30.2. The maximum absolute atomic E-state index is 12.9. The van der Waals surface area contributed by atoms with Gasteiger partial charge in [-0.05, 0) is 23.8 Å². The van der Waals surface area contributed by atoms with E-state index in [4.69, 9.17) is 0 Å². The monoisotopic (exact) mass is 486 g/mol. The van der Waals surface area contributed by atoms with E-state index in [2.05, 4.69) is 31.4 Å². The number of benzene rings is 1. The van der Waals surface area contributed by atoms with Gasteiger partial charge in [0.2, 0.25) is 11.8 Å². The Hall–Kier alpha value is -2.83. The van der Waals surface area contributed by atoms with Crippen LogP contribution in [0.3, 0.4) is 0 Å². The second-order valence-electron chi connectivity index (χ2n) is 11.4. The van der Waals surface area contributed by atoms with Crippen LogP contribution in [0.5, 0.6) is 0 Å². The number of amides is 2. The lowest BCUT2D eigenvalue weighted by molar-refractivity contribution is -0.131. The van der Waals surface area contributed by atoms with Crippen molar-refractivity contribution in [3.63, 3.8) is 0 Å². The highest BCUT2D eigenvalue weighted by Gasteiger charge is 2.24. The van der Waals surface area contributed by atoms with E-state index in [1.807, 2.05) is 30.3 Å². The third-order valence-corrected chi connectivity index (χ3v) is 5.68. The molecule has 0 bridgehead atoms. The summed E-state index contributed by atoms with van der Waals surface area (Å²) in [5.74, 6) is -1.72. The molecule has 0 spiro atoms. The van der Waals surface area contributed by atoms with Gasteiger partial charge in [-0.15, -0.1) is 0 Å². The number of hydrogen-bond acceptors (Lipinski definition) is 5. The van der Waals surface area contributed by atoms with E-state index in [0.29, 0.717) is 12.8 Å². The molecule has 0 aliphatic carbocycles. The van der Waals surface area contributed by atoms with Gasteiger partial charge in [0.05, 0.1) is 13.1 Å². The topological polar surface area (TPSA) is 109 Å². The van der Waals surface area contributed by atoms with Gasteiger partial charge in [0.15, 0.2) is 11.6 Å². The van der Waals surface area contributed by atoms with E-state index in [-0.39, 0.29) is 66.9 Å². The summed E-state index contributed by atoms with van der Waals surface area (Å²) >= 11 is 0. The number of Topliss-reactive ketones (excluding diaryl/α,β-unsaturated/α-hetero) is 3. The normalized spacial score (nSPS) is 12.5. The van der Waals surface area contributed by atoms with Gasteiger partial charge in [0.25, 0.3) is 0 Å². The fourth-order valence-electron chi connectivity index (χ4n) is 3.32. The van der Waals surface area contributed by atoms with Crippen molar-refractivity contribution in [2.45, 2.75) is 80.1 Å². The fraction of sp³-hybridized carbons (Fsp3) is 0.607. The summed E-state index contributed by atoms with van der Waals surface area (Å²) in [4.78, 5) is 61.7. The van der Waals surface area contributed by atoms with Gasteiger partial charge in [0.1, 0.15) is 5.78 Å². The molecule has 0 aliphatic heterocycles. The molecule has 0 aliphatic rings. The average molecular weight is 487 g/mol. The van der Waals surface area contributed by atoms with Crippen LogP contribution in [0, 0.1) is 16.7 Å². The molecular formula is C28H42N2O5. The van der Waals surface area contributed by atoms with Gasteiger partial charge in [-0.25, -0.2) is 0 Å². The smallest absolute Gasteiger partial charge is 0.224 e. The Kier molecular flexibility index (Phi) is 12.0. The zero-order valence-corrected chi connectivity index (χ0v) is 22.2. The SMILES string of the molecule is CC(C)(C)CCC(=O)CNC(=O)[C@@H](CC(=O)CNC(=O)CCC(=O)C(C)(C)C)Cc1ccccc1. The largest absolute Gasteiger partial charge is 0.349 e. The van der Waals surface area contributed by atoms with Crippen LogP contribution in [-0.4, -0.2) is 42.3 Å². The molecule has 0 fully saturated rings. The predicted octanol–water partition coefficient (Wildman–Crippen LogP) is 3.83. The second-order valence-corrected chi connectivity index (χ2v) is 11.4. The van der Waals surface area contributed by atoms with Gasteiger partial charge in [0, 0.05) is 37.0 Å². The fourth-order valence-corrected chi connectivity index (χ4v) is 3.32. The molecule has 1 atom stereocenters. The summed E-state index contributed by atoms with van der Waals surface area (Å²) < 4.78 is 0. The standard InChI is InChI=1S/C28H42N2O5/c1-27(2,3)15-14-22(31)18-30-26(35)21(16-20-10-8-7-9-11-20)17-23(32)19-29-25(34)13-12-24(33)28(4,5)6/h7-11,21H,12-19H2,1-6H3,(H,29,34)(H,30,35)/t21-/m1/s1. The van der Waals surface area contributed by atoms with E-state index in [1.54, 1.807) is 20.8 Å². The highest BCUT2D eigenvalue weighted by molar-refractivity contribution is 5.93. The van der Waals surface area contributed by atoms with E-state index < -0.39 is 11.3 Å². The third kappa shape index (κ3) is 13.6. The maximum atomic E-state index is 12.9. The minimum atomic E-state index is -0.653. The molecule has 0 unspecified atom stereocenters. The van der Waals surface area contributed by atoms with E-state index in [9.17, 15) is 24.0 Å². The van der Waals surface area contributed by atoms with Crippen molar-refractivity contribution >= 4 is 29.2 Å². The molecule has 1 rings (SSSR count). The molecule has 35 heavy (non-hydrogen) atoms. The van der Waals surface area contributed by atoms with Crippen LogP contribution in [0.2, 0.25) is 0 Å². The van der Waals surface area contributed by atoms with Crippen LogP contribution < -0.4 is 10.6 Å². The van der Waals surface area contributed by atoms with Gasteiger partial charge in [-0.1, -0.05) is 71.9 Å². The Balaban J connectivity index is 2.64. The van der Waals surface area contributed by atoms with E-state index in [0.717, 1.165) is 12.0 Å². The van der Waals surface area contributed by atoms with Crippen LogP contribution in [0.4, 0.5) is 0 Å². The van der Waals surface area contributed by atoms with Gasteiger partial charge in [-0.2, -0.15) is 0 Å². The van der Waals surface area contributed by atoms with Crippen LogP contribution in [-0.2, 0) is 30.4 Å². The molecule has 0 radical (unpaired) electrons. The lowest BCUT2D eigenvalue weighted by atomic mass is 9.88. The quantitative estimate of drug-likeness (QED) is 0.415. The van der Waals surface area contributed by atoms with Crippen LogP contribution >= 0.6 is 0 Å². The average Bonchev–Trinajstić information content (AvgIpc) is 2.77. The first-order valence-electron chi connectivity index (χ1n) is 12.3. The van der Waals surface area contributed by atoms with Gasteiger partial charge < -0.3 is 10.6 Å². The number of carbonyl (C=O) groups excluding carboxylic acids is 5. The first-order valence-corrected chi connectivity index (χ1v) is 12.3. The molecule has 7 heteroatoms. The highest BCUT2D eigenvalue weighted by atomic mass is 16.2. The number of rotatable bonds is 14. The Morgan fingerprint density at radius 3 is 1.94 bits per heavy atom. The predicted molar refractivity (Wildman–Crippen MR) is 137 cm³/mol. The van der Waals surface area contributed by atoms with E-state index in [1.165, 1.54) is 0 Å². The molecule has 7 nitrogen and oxygen atoms in total. The molecule has 2 N–H and O–H groups in total. The minimum Gasteiger partial charge on any atom is -0.349 e. The summed E-state index contributed by atoms with van der Waals surface area (Å²) in [5.41, 5.74) is 0.429. The number of carbonyl (C=O) groups is 5. The summed E-state index contributed by atoms with van der Waals surface area (Å²) in [7, 11) is 0. The maximum Gasteiger partial charge on any atom is 0.224 e. The summed E-state index contributed by atoms with van der Waals surface area (Å²) in [5, 5.41) is 5.24. The van der Waals surface area contributed by atoms with Crippen molar-refractivity contribution in [2.24, 2.45) is 16.7 Å². The minimum absolute atomic E-state index is 0.0179. The van der Waals surface area contributed by atoms with Gasteiger partial charge >= 0.3 is 0 Å². The van der Waals surface area contributed by atoms with Gasteiger partial charge in [-0.3, -0.25) is 24.0 Å². The Morgan fingerprint density at radius 2 is 1.37 bits per heavy atom. The number of hydrogen-bond donors (Lipinski definition) is 2. The molecule has 194 valence electrons. The van der Waals surface area contributed by atoms with Crippen molar-refractivity contribution in [3.8, 4) is 0 Å². The Labute approximate surface area is 209 Å². The number of nitrogens with one attached hydrogen (secondary N) is 2. The molecule has 1 aromatic carbocycles. The second kappa shape index (κ2) is 13.9. The molecular weight excluding hydrogens is 444 g/mol. The zero-order valence-electron chi connectivity index (χ0n) is 22.2. The summed E-state index contributed by atoms with van der Waals surface area (Å²) in [6.45, 7) is 11.3. The zero-order chi connectivity index (χ0) is 26.6. The highest BCUT2D eigenvalue weighted by Crippen LogP contribution is 2.20. The van der Waals surface area contributed by atoms with E-state index >= 15 is 0 Å². The summed E-state index contributed by atoms with van der Waals surface area (Å²) in [6.07, 6.45) is 1.55. The number of ketones is 3. The Bertz CT molecular complexity index is 879. The lowest BCUT2D eigenvalue weighted by Gasteiger charge is -2.18. The van der Waals surface area contributed by atoms with Crippen LogP contribution in [0.1, 0.15) is 79.2 Å². The van der Waals surface area contributed by atoms with Crippen LogP contribution in [0.15, 0.2) is 30.3 Å². The van der Waals surface area contributed by atoms with Crippen molar-refractivity contribution in [3.05, 3.63) is 35.9 Å². The first-order chi connectivity index (χ1) is 16.2. The molecule has 0 saturated heterocycles. The summed E-state index contributed by atoms with van der Waals surface area (Å²) in [6, 6.07) is 9.36. The van der Waals surface area contributed by atoms with Crippen molar-refractivity contribution < 1.29 is 24.0 Å². The molecule has 2 amide bonds. The van der Waals surface area contributed by atoms with Crippen molar-refractivity contribution in [1.29, 1.82) is 0 Å². The Morgan fingerprint density at radius 1 is 0.771 bits per heavy atom. The molecule has 1 aromatic rings. The van der Waals surface area contributed by atoms with Crippen LogP contribution in [0.25, 0.3) is 0 Å².